The number of nitrogens with zero attached hydrogens (tertiary/aromatic N) is 2. The summed E-state index contributed by atoms with van der Waals surface area (Å²) in [7, 11) is -3.95. The van der Waals surface area contributed by atoms with Crippen LogP contribution in [0.4, 0.5) is 0 Å². The number of para-hydroxylation sites is 1. The second kappa shape index (κ2) is 4.82. The molecular weight excluding hydrogens is 288 g/mol. The zero-order valence-corrected chi connectivity index (χ0v) is 12.0. The second-order valence-electron chi connectivity index (χ2n) is 4.56. The summed E-state index contributed by atoms with van der Waals surface area (Å²) in [5.74, 6) is 0.141. The van der Waals surface area contributed by atoms with Gasteiger partial charge >= 0.3 is 0 Å². The van der Waals surface area contributed by atoms with Crippen molar-refractivity contribution in [2.75, 3.05) is 0 Å². The molecule has 0 aliphatic heterocycles. The topological polar surface area (TPSA) is 69.0 Å². The SMILES string of the molecule is Cc1nc2ccccc2c(=O)n1S(=O)(=O)c1ccccc1. The van der Waals surface area contributed by atoms with Crippen molar-refractivity contribution in [2.24, 2.45) is 0 Å². The molecule has 0 radical (unpaired) electrons. The van der Waals surface area contributed by atoms with Crippen LogP contribution in [0.2, 0.25) is 0 Å². The molecule has 0 aliphatic rings. The van der Waals surface area contributed by atoms with Crippen molar-refractivity contribution >= 4 is 20.9 Å². The third-order valence-corrected chi connectivity index (χ3v) is 4.96. The Kier molecular flexibility index (Phi) is 3.10. The summed E-state index contributed by atoms with van der Waals surface area (Å²) in [6, 6.07) is 14.5. The molecular formula is C15H12N2O3S. The van der Waals surface area contributed by atoms with Crippen molar-refractivity contribution in [2.45, 2.75) is 11.8 Å². The molecule has 6 heteroatoms. The van der Waals surface area contributed by atoms with Gasteiger partial charge in [0.05, 0.1) is 15.8 Å². The van der Waals surface area contributed by atoms with Crippen LogP contribution in [0.3, 0.4) is 0 Å². The molecule has 0 unspecified atom stereocenters. The number of benzene rings is 2. The molecule has 3 rings (SSSR count). The second-order valence-corrected chi connectivity index (χ2v) is 6.35. The van der Waals surface area contributed by atoms with E-state index in [-0.39, 0.29) is 16.1 Å². The van der Waals surface area contributed by atoms with Crippen LogP contribution in [0.25, 0.3) is 10.9 Å². The lowest BCUT2D eigenvalue weighted by Gasteiger charge is -2.11. The van der Waals surface area contributed by atoms with Crippen LogP contribution >= 0.6 is 0 Å². The first-order chi connectivity index (χ1) is 10.0. The van der Waals surface area contributed by atoms with Gasteiger partial charge in [-0.2, -0.15) is 3.97 Å². The number of aromatic nitrogens is 2. The molecule has 0 saturated heterocycles. The first kappa shape index (κ1) is 13.5. The molecule has 21 heavy (non-hydrogen) atoms. The first-order valence-electron chi connectivity index (χ1n) is 6.31. The van der Waals surface area contributed by atoms with Crippen LogP contribution in [0.5, 0.6) is 0 Å². The highest BCUT2D eigenvalue weighted by atomic mass is 32.2. The van der Waals surface area contributed by atoms with Gasteiger partial charge in [-0.15, -0.1) is 0 Å². The summed E-state index contributed by atoms with van der Waals surface area (Å²) in [6.07, 6.45) is 0. The van der Waals surface area contributed by atoms with E-state index in [4.69, 9.17) is 0 Å². The van der Waals surface area contributed by atoms with E-state index in [0.717, 1.165) is 3.97 Å². The molecule has 3 aromatic rings. The molecule has 106 valence electrons. The Morgan fingerprint density at radius 1 is 0.952 bits per heavy atom. The van der Waals surface area contributed by atoms with Crippen LogP contribution < -0.4 is 5.56 Å². The number of aryl methyl sites for hydroxylation is 1. The van der Waals surface area contributed by atoms with E-state index in [9.17, 15) is 13.2 Å². The zero-order valence-electron chi connectivity index (χ0n) is 11.2. The lowest BCUT2D eigenvalue weighted by atomic mass is 10.2. The Balaban J connectivity index is 2.39. The Morgan fingerprint density at radius 3 is 2.29 bits per heavy atom. The van der Waals surface area contributed by atoms with Crippen molar-refractivity contribution in [1.82, 2.24) is 8.96 Å². The molecule has 5 nitrogen and oxygen atoms in total. The fourth-order valence-corrected chi connectivity index (χ4v) is 3.63. The summed E-state index contributed by atoms with van der Waals surface area (Å²) < 4.78 is 26.0. The van der Waals surface area contributed by atoms with Gasteiger partial charge in [-0.1, -0.05) is 30.3 Å². The molecule has 0 atom stereocenters. The standard InChI is InChI=1S/C15H12N2O3S/c1-11-16-14-10-6-5-9-13(14)15(18)17(11)21(19,20)12-7-3-2-4-8-12/h2-10H,1H3. The average molecular weight is 300 g/mol. The largest absolute Gasteiger partial charge is 0.275 e. The van der Waals surface area contributed by atoms with Crippen molar-refractivity contribution < 1.29 is 8.42 Å². The summed E-state index contributed by atoms with van der Waals surface area (Å²) >= 11 is 0. The number of fused-ring (bicyclic) bond motifs is 1. The van der Waals surface area contributed by atoms with E-state index in [1.165, 1.54) is 19.1 Å². The van der Waals surface area contributed by atoms with Crippen molar-refractivity contribution in [3.8, 4) is 0 Å². The van der Waals surface area contributed by atoms with Crippen molar-refractivity contribution in [3.05, 3.63) is 70.8 Å². The monoisotopic (exact) mass is 300 g/mol. The predicted molar refractivity (Wildman–Crippen MR) is 79.8 cm³/mol. The van der Waals surface area contributed by atoms with Gasteiger partial charge in [0.2, 0.25) is 0 Å². The highest BCUT2D eigenvalue weighted by Crippen LogP contribution is 2.15. The van der Waals surface area contributed by atoms with Crippen molar-refractivity contribution in [1.29, 1.82) is 0 Å². The van der Waals surface area contributed by atoms with E-state index >= 15 is 0 Å². The molecule has 0 saturated carbocycles. The van der Waals surface area contributed by atoms with Crippen LogP contribution in [-0.4, -0.2) is 17.4 Å². The maximum absolute atomic E-state index is 12.6. The van der Waals surface area contributed by atoms with E-state index < -0.39 is 15.6 Å². The zero-order chi connectivity index (χ0) is 15.0. The van der Waals surface area contributed by atoms with Gasteiger partial charge in [-0.05, 0) is 31.2 Å². The van der Waals surface area contributed by atoms with Crippen molar-refractivity contribution in [3.63, 3.8) is 0 Å². The molecule has 1 aromatic heterocycles. The Morgan fingerprint density at radius 2 is 1.57 bits per heavy atom. The van der Waals surface area contributed by atoms with E-state index in [1.54, 1.807) is 42.5 Å². The Bertz CT molecular complexity index is 977. The maximum atomic E-state index is 12.6. The molecule has 0 spiro atoms. The third-order valence-electron chi connectivity index (χ3n) is 3.18. The smallest absolute Gasteiger partial charge is 0.267 e. The predicted octanol–water partition coefficient (Wildman–Crippen LogP) is 1.94. The minimum absolute atomic E-state index is 0.0623. The fraction of sp³-hybridized carbons (Fsp3) is 0.0667. The molecule has 0 bridgehead atoms. The lowest BCUT2D eigenvalue weighted by Crippen LogP contribution is -2.30. The van der Waals surface area contributed by atoms with Gasteiger partial charge in [0.1, 0.15) is 5.82 Å². The number of hydrogen-bond acceptors (Lipinski definition) is 4. The van der Waals surface area contributed by atoms with Gasteiger partial charge in [0, 0.05) is 0 Å². The van der Waals surface area contributed by atoms with Crippen LogP contribution in [0.1, 0.15) is 5.82 Å². The van der Waals surface area contributed by atoms with Gasteiger partial charge in [0.15, 0.2) is 0 Å². The minimum atomic E-state index is -3.95. The average Bonchev–Trinajstić information content (AvgIpc) is 2.48. The highest BCUT2D eigenvalue weighted by Gasteiger charge is 2.22. The molecule has 0 aliphatic carbocycles. The normalized spacial score (nSPS) is 11.7. The van der Waals surface area contributed by atoms with Gasteiger partial charge in [-0.25, -0.2) is 13.4 Å². The fourth-order valence-electron chi connectivity index (χ4n) is 2.21. The molecule has 2 aromatic carbocycles. The molecule has 0 N–H and O–H groups in total. The van der Waals surface area contributed by atoms with Crippen LogP contribution in [0.15, 0.2) is 64.3 Å². The Labute approximate surface area is 121 Å². The quantitative estimate of drug-likeness (QED) is 0.725. The molecule has 0 fully saturated rings. The third kappa shape index (κ3) is 2.13. The van der Waals surface area contributed by atoms with Gasteiger partial charge in [-0.3, -0.25) is 4.79 Å². The minimum Gasteiger partial charge on any atom is -0.267 e. The number of rotatable bonds is 2. The Hall–Kier alpha value is -2.47. The highest BCUT2D eigenvalue weighted by molar-refractivity contribution is 7.90. The van der Waals surface area contributed by atoms with Gasteiger partial charge < -0.3 is 0 Å². The van der Waals surface area contributed by atoms with E-state index in [1.807, 2.05) is 0 Å². The molecule has 0 amide bonds. The lowest BCUT2D eigenvalue weighted by molar-refractivity contribution is 0.583. The van der Waals surface area contributed by atoms with Gasteiger partial charge in [0.25, 0.3) is 15.6 Å². The van der Waals surface area contributed by atoms with Crippen LogP contribution in [0, 0.1) is 6.92 Å². The van der Waals surface area contributed by atoms with E-state index in [2.05, 4.69) is 4.98 Å². The molecule has 1 heterocycles. The maximum Gasteiger partial charge on any atom is 0.275 e. The van der Waals surface area contributed by atoms with Crippen LogP contribution in [-0.2, 0) is 10.0 Å². The summed E-state index contributed by atoms with van der Waals surface area (Å²) in [5, 5.41) is 0.280. The summed E-state index contributed by atoms with van der Waals surface area (Å²) in [6.45, 7) is 1.51. The van der Waals surface area contributed by atoms with E-state index in [0.29, 0.717) is 5.52 Å². The first-order valence-corrected chi connectivity index (χ1v) is 7.75. The summed E-state index contributed by atoms with van der Waals surface area (Å²) in [5.41, 5.74) is -0.0959. The summed E-state index contributed by atoms with van der Waals surface area (Å²) in [4.78, 5) is 16.8. The number of hydrogen-bond donors (Lipinski definition) is 0.